The maximum atomic E-state index is 13.3. The molecule has 5 rings (SSSR count). The van der Waals surface area contributed by atoms with Crippen LogP contribution in [0.2, 0.25) is 0 Å². The van der Waals surface area contributed by atoms with Crippen LogP contribution in [-0.2, 0) is 4.79 Å². The van der Waals surface area contributed by atoms with Crippen LogP contribution in [0.4, 0.5) is 0 Å². The standard InChI is InChI=1S/C26H38N2O3/c1-5-31-22-9-7-6-8-21(22)24(29)28-23(16(2)3)25(30)27-17(4)26-13-18-10-19(14-26)12-20(11-18)15-26/h6-9,16-20,23H,5,10-15H2,1-4H3,(H,27,30)(H,28,29)/t17-,18?,19?,20?,23+,26?/m1/s1. The summed E-state index contributed by atoms with van der Waals surface area (Å²) in [5.74, 6) is 2.75. The highest BCUT2D eigenvalue weighted by Gasteiger charge is 2.53. The second-order valence-electron chi connectivity index (χ2n) is 10.6. The predicted molar refractivity (Wildman–Crippen MR) is 122 cm³/mol. The minimum absolute atomic E-state index is 0.00762. The van der Waals surface area contributed by atoms with Gasteiger partial charge in [-0.3, -0.25) is 9.59 Å². The molecule has 2 N–H and O–H groups in total. The lowest BCUT2D eigenvalue weighted by Gasteiger charge is -2.59. The van der Waals surface area contributed by atoms with E-state index in [1.807, 2.05) is 32.9 Å². The van der Waals surface area contributed by atoms with Gasteiger partial charge in [-0.2, -0.15) is 0 Å². The molecule has 1 aromatic rings. The summed E-state index contributed by atoms with van der Waals surface area (Å²) in [7, 11) is 0. The number of para-hydroxylation sites is 1. The van der Waals surface area contributed by atoms with Crippen molar-refractivity contribution >= 4 is 11.8 Å². The predicted octanol–water partition coefficient (Wildman–Crippen LogP) is 4.56. The molecule has 0 radical (unpaired) electrons. The van der Waals surface area contributed by atoms with Crippen molar-refractivity contribution in [1.82, 2.24) is 10.6 Å². The number of carbonyl (C=O) groups excluding carboxylic acids is 2. The number of carbonyl (C=O) groups is 2. The normalized spacial score (nSPS) is 30.7. The van der Waals surface area contributed by atoms with Crippen molar-refractivity contribution in [2.45, 2.75) is 78.3 Å². The average molecular weight is 427 g/mol. The zero-order valence-electron chi connectivity index (χ0n) is 19.4. The van der Waals surface area contributed by atoms with Gasteiger partial charge in [-0.05, 0) is 93.6 Å². The maximum Gasteiger partial charge on any atom is 0.255 e. The lowest BCUT2D eigenvalue weighted by atomic mass is 9.48. The van der Waals surface area contributed by atoms with Crippen molar-refractivity contribution in [2.24, 2.45) is 29.1 Å². The molecule has 2 atom stereocenters. The highest BCUT2D eigenvalue weighted by molar-refractivity contribution is 5.99. The average Bonchev–Trinajstić information content (AvgIpc) is 2.71. The summed E-state index contributed by atoms with van der Waals surface area (Å²) >= 11 is 0. The SMILES string of the molecule is CCOc1ccccc1C(=O)N[C@H](C(=O)N[C@H](C)C12CC3CC(CC(C3)C1)C2)C(C)C. The van der Waals surface area contributed by atoms with E-state index in [9.17, 15) is 9.59 Å². The van der Waals surface area contributed by atoms with Crippen LogP contribution in [0.5, 0.6) is 5.75 Å². The first-order chi connectivity index (χ1) is 14.8. The topological polar surface area (TPSA) is 67.4 Å². The van der Waals surface area contributed by atoms with Crippen LogP contribution < -0.4 is 15.4 Å². The van der Waals surface area contributed by atoms with Gasteiger partial charge in [-0.1, -0.05) is 26.0 Å². The Morgan fingerprint density at radius 3 is 2.13 bits per heavy atom. The molecular formula is C26H38N2O3. The number of hydrogen-bond donors (Lipinski definition) is 2. The third-order valence-electron chi connectivity index (χ3n) is 8.03. The Labute approximate surface area is 186 Å². The van der Waals surface area contributed by atoms with Crippen LogP contribution >= 0.6 is 0 Å². The first-order valence-electron chi connectivity index (χ1n) is 12.1. The van der Waals surface area contributed by atoms with Crippen LogP contribution in [0.3, 0.4) is 0 Å². The summed E-state index contributed by atoms with van der Waals surface area (Å²) in [5, 5.41) is 6.31. The summed E-state index contributed by atoms with van der Waals surface area (Å²) in [6.07, 6.45) is 7.93. The second kappa shape index (κ2) is 8.84. The zero-order chi connectivity index (χ0) is 22.2. The molecule has 4 fully saturated rings. The van der Waals surface area contributed by atoms with Crippen molar-refractivity contribution in [3.05, 3.63) is 29.8 Å². The smallest absolute Gasteiger partial charge is 0.255 e. The van der Waals surface area contributed by atoms with E-state index < -0.39 is 6.04 Å². The largest absolute Gasteiger partial charge is 0.493 e. The molecule has 4 aliphatic rings. The molecule has 4 aliphatic carbocycles. The Bertz CT molecular complexity index is 783. The Balaban J connectivity index is 1.44. The van der Waals surface area contributed by atoms with Gasteiger partial charge in [-0.25, -0.2) is 0 Å². The summed E-state index contributed by atoms with van der Waals surface area (Å²) in [6.45, 7) is 8.53. The zero-order valence-corrected chi connectivity index (χ0v) is 19.4. The molecule has 0 spiro atoms. The van der Waals surface area contributed by atoms with Crippen molar-refractivity contribution in [2.75, 3.05) is 6.61 Å². The van der Waals surface area contributed by atoms with Gasteiger partial charge in [0.25, 0.3) is 5.91 Å². The number of nitrogens with one attached hydrogen (secondary N) is 2. The molecular weight excluding hydrogens is 388 g/mol. The highest BCUT2D eigenvalue weighted by Crippen LogP contribution is 2.61. The van der Waals surface area contributed by atoms with Gasteiger partial charge < -0.3 is 15.4 Å². The van der Waals surface area contributed by atoms with Crippen LogP contribution in [0.1, 0.15) is 76.6 Å². The molecule has 1 aromatic carbocycles. The fraction of sp³-hybridized carbons (Fsp3) is 0.692. The first-order valence-corrected chi connectivity index (χ1v) is 12.1. The Hall–Kier alpha value is -2.04. The van der Waals surface area contributed by atoms with E-state index >= 15 is 0 Å². The quantitative estimate of drug-likeness (QED) is 0.640. The fourth-order valence-corrected chi connectivity index (χ4v) is 6.85. The first kappa shape index (κ1) is 22.2. The molecule has 0 aromatic heterocycles. The van der Waals surface area contributed by atoms with Crippen molar-refractivity contribution in [3.63, 3.8) is 0 Å². The molecule has 170 valence electrons. The second-order valence-corrected chi connectivity index (χ2v) is 10.6. The van der Waals surface area contributed by atoms with Crippen molar-refractivity contribution in [1.29, 1.82) is 0 Å². The van der Waals surface area contributed by atoms with Gasteiger partial charge in [0.15, 0.2) is 0 Å². The lowest BCUT2D eigenvalue weighted by molar-refractivity contribution is -0.128. The van der Waals surface area contributed by atoms with Crippen molar-refractivity contribution in [3.8, 4) is 5.75 Å². The summed E-state index contributed by atoms with van der Waals surface area (Å²) < 4.78 is 5.60. The number of amides is 2. The molecule has 2 amide bonds. The van der Waals surface area contributed by atoms with Gasteiger partial charge >= 0.3 is 0 Å². The van der Waals surface area contributed by atoms with E-state index in [-0.39, 0.29) is 29.2 Å². The molecule has 5 nitrogen and oxygen atoms in total. The molecule has 0 heterocycles. The Kier molecular flexibility index (Phi) is 6.32. The minimum atomic E-state index is -0.571. The third-order valence-corrected chi connectivity index (χ3v) is 8.03. The van der Waals surface area contributed by atoms with E-state index in [1.54, 1.807) is 12.1 Å². The number of hydrogen-bond acceptors (Lipinski definition) is 3. The van der Waals surface area contributed by atoms with Crippen LogP contribution in [-0.4, -0.2) is 30.5 Å². The number of benzene rings is 1. The van der Waals surface area contributed by atoms with E-state index in [0.717, 1.165) is 17.8 Å². The fourth-order valence-electron chi connectivity index (χ4n) is 6.85. The Morgan fingerprint density at radius 2 is 1.58 bits per heavy atom. The number of rotatable bonds is 8. The maximum absolute atomic E-state index is 13.3. The minimum Gasteiger partial charge on any atom is -0.493 e. The lowest BCUT2D eigenvalue weighted by Crippen LogP contribution is -2.59. The van der Waals surface area contributed by atoms with Gasteiger partial charge in [0.1, 0.15) is 11.8 Å². The van der Waals surface area contributed by atoms with Gasteiger partial charge in [-0.15, -0.1) is 0 Å². The summed E-state index contributed by atoms with van der Waals surface area (Å²) in [6, 6.07) is 6.77. The molecule has 31 heavy (non-hydrogen) atoms. The van der Waals surface area contributed by atoms with E-state index in [1.165, 1.54) is 38.5 Å². The van der Waals surface area contributed by atoms with Crippen LogP contribution in [0.15, 0.2) is 24.3 Å². The molecule has 5 heteroatoms. The molecule has 4 saturated carbocycles. The number of ether oxygens (including phenoxy) is 1. The van der Waals surface area contributed by atoms with E-state index in [0.29, 0.717) is 17.9 Å². The molecule has 0 aliphatic heterocycles. The van der Waals surface area contributed by atoms with E-state index in [4.69, 9.17) is 4.74 Å². The van der Waals surface area contributed by atoms with Crippen LogP contribution in [0, 0.1) is 29.1 Å². The Morgan fingerprint density at radius 1 is 1.00 bits per heavy atom. The third kappa shape index (κ3) is 4.47. The van der Waals surface area contributed by atoms with Crippen molar-refractivity contribution < 1.29 is 14.3 Å². The molecule has 4 bridgehead atoms. The van der Waals surface area contributed by atoms with Gasteiger partial charge in [0, 0.05) is 6.04 Å². The molecule has 0 saturated heterocycles. The molecule has 0 unspecified atom stereocenters. The summed E-state index contributed by atoms with van der Waals surface area (Å²) in [5.41, 5.74) is 0.717. The monoisotopic (exact) mass is 426 g/mol. The van der Waals surface area contributed by atoms with Gasteiger partial charge in [0.2, 0.25) is 5.91 Å². The van der Waals surface area contributed by atoms with Crippen LogP contribution in [0.25, 0.3) is 0 Å². The van der Waals surface area contributed by atoms with Gasteiger partial charge in [0.05, 0.1) is 12.2 Å². The van der Waals surface area contributed by atoms with E-state index in [2.05, 4.69) is 17.6 Å². The summed E-state index contributed by atoms with van der Waals surface area (Å²) in [4.78, 5) is 26.3. The highest BCUT2D eigenvalue weighted by atomic mass is 16.5.